The second-order valence-electron chi connectivity index (χ2n) is 7.35. The number of hydrogen-bond acceptors (Lipinski definition) is 6. The number of sulfonamides is 1. The van der Waals surface area contributed by atoms with Gasteiger partial charge in [0, 0.05) is 45.0 Å². The van der Waals surface area contributed by atoms with Crippen molar-refractivity contribution in [3.63, 3.8) is 0 Å². The van der Waals surface area contributed by atoms with Crippen molar-refractivity contribution < 1.29 is 27.4 Å². The van der Waals surface area contributed by atoms with E-state index < -0.39 is 27.9 Å². The molecule has 3 rings (SSSR count). The number of halogens is 1. The quantitative estimate of drug-likeness (QED) is 0.594. The van der Waals surface area contributed by atoms with Gasteiger partial charge in [-0.25, -0.2) is 17.6 Å². The lowest BCUT2D eigenvalue weighted by Crippen LogP contribution is -2.51. The minimum Gasteiger partial charge on any atom is -0.465 e. The highest BCUT2D eigenvalue weighted by atomic mass is 32.2. The van der Waals surface area contributed by atoms with Crippen LogP contribution in [0.1, 0.15) is 0 Å². The highest BCUT2D eigenvalue weighted by Crippen LogP contribution is 2.18. The molecule has 0 aliphatic carbocycles. The van der Waals surface area contributed by atoms with Gasteiger partial charge in [0.05, 0.1) is 25.5 Å². The fourth-order valence-corrected chi connectivity index (χ4v) is 5.02. The van der Waals surface area contributed by atoms with Crippen LogP contribution in [0, 0.1) is 17.7 Å². The molecule has 2 heterocycles. The van der Waals surface area contributed by atoms with Crippen LogP contribution >= 0.6 is 0 Å². The predicted octanol–water partition coefficient (Wildman–Crippen LogP) is 0.249. The van der Waals surface area contributed by atoms with Crippen molar-refractivity contribution >= 4 is 21.8 Å². The van der Waals surface area contributed by atoms with Gasteiger partial charge in [-0.1, -0.05) is 11.8 Å². The number of benzene rings is 1. The zero-order chi connectivity index (χ0) is 22.3. The van der Waals surface area contributed by atoms with E-state index in [2.05, 4.69) is 22.1 Å². The average molecular weight is 455 g/mol. The Hall–Kier alpha value is -2.39. The normalized spacial score (nSPS) is 19.3. The Labute approximate surface area is 181 Å². The fraction of sp³-hybridized carbons (Fsp3) is 0.550. The van der Waals surface area contributed by atoms with Gasteiger partial charge in [0.15, 0.2) is 0 Å². The summed E-state index contributed by atoms with van der Waals surface area (Å²) in [7, 11) is -3.71. The minimum atomic E-state index is -3.71. The van der Waals surface area contributed by atoms with Crippen molar-refractivity contribution in [3.8, 4) is 11.8 Å². The number of rotatable bonds is 6. The Balaban J connectivity index is 1.57. The van der Waals surface area contributed by atoms with Gasteiger partial charge in [-0.05, 0) is 24.3 Å². The summed E-state index contributed by atoms with van der Waals surface area (Å²) < 4.78 is 45.4. The van der Waals surface area contributed by atoms with Gasteiger partial charge in [-0.2, -0.15) is 4.31 Å². The number of nitrogens with one attached hydrogen (secondary N) is 1. The van der Waals surface area contributed by atoms with E-state index in [1.165, 1.54) is 16.4 Å². The fourth-order valence-electron chi connectivity index (χ4n) is 3.50. The first-order valence-electron chi connectivity index (χ1n) is 10.1. The van der Waals surface area contributed by atoms with Crippen LogP contribution in [0.3, 0.4) is 0 Å². The Morgan fingerprint density at radius 1 is 1.13 bits per heavy atom. The zero-order valence-electron chi connectivity index (χ0n) is 17.2. The molecule has 2 fully saturated rings. The van der Waals surface area contributed by atoms with Crippen LogP contribution in [-0.2, 0) is 14.8 Å². The first kappa shape index (κ1) is 23.3. The molecule has 9 nitrogen and oxygen atoms in total. The molecule has 1 atom stereocenters. The maximum absolute atomic E-state index is 13.1. The molecule has 2 saturated heterocycles. The van der Waals surface area contributed by atoms with Crippen LogP contribution in [0.2, 0.25) is 0 Å². The number of carbonyl (C=O) groups is 1. The highest BCUT2D eigenvalue weighted by molar-refractivity contribution is 7.89. The summed E-state index contributed by atoms with van der Waals surface area (Å²) in [5, 5.41) is 11.3. The van der Waals surface area contributed by atoms with Gasteiger partial charge in [0.2, 0.25) is 10.0 Å². The molecule has 0 radical (unpaired) electrons. The topological polar surface area (TPSA) is 102 Å². The summed E-state index contributed by atoms with van der Waals surface area (Å²) in [6, 6.07) is 5.05. The first-order valence-corrected chi connectivity index (χ1v) is 11.7. The Morgan fingerprint density at radius 2 is 1.77 bits per heavy atom. The van der Waals surface area contributed by atoms with E-state index in [9.17, 15) is 17.6 Å². The number of carboxylic acid groups (broad SMARTS) is 1. The summed E-state index contributed by atoms with van der Waals surface area (Å²) in [5.74, 6) is 4.90. The molecule has 1 aromatic carbocycles. The van der Waals surface area contributed by atoms with E-state index in [0.717, 1.165) is 18.8 Å². The molecule has 0 bridgehead atoms. The molecule has 2 N–H and O–H groups in total. The number of morpholine rings is 1. The molecule has 0 saturated carbocycles. The van der Waals surface area contributed by atoms with Crippen molar-refractivity contribution in [1.82, 2.24) is 14.5 Å². The maximum Gasteiger partial charge on any atom is 0.405 e. The van der Waals surface area contributed by atoms with Crippen molar-refractivity contribution in [2.75, 3.05) is 69.7 Å². The third-order valence-corrected chi connectivity index (χ3v) is 7.09. The van der Waals surface area contributed by atoms with Gasteiger partial charge < -0.3 is 20.1 Å². The number of piperazine rings is 1. The second kappa shape index (κ2) is 10.8. The summed E-state index contributed by atoms with van der Waals surface area (Å²) in [4.78, 5) is 15.2. The minimum absolute atomic E-state index is 0.265. The SMILES string of the molecule is O=C(O)NC(C#CCN1CCOCC1)CS(=O)(=O)N1CCN(c2ccc(F)cc2)CC1. The highest BCUT2D eigenvalue weighted by Gasteiger charge is 2.29. The van der Waals surface area contributed by atoms with Crippen LogP contribution in [0.15, 0.2) is 24.3 Å². The van der Waals surface area contributed by atoms with Gasteiger partial charge in [-0.15, -0.1) is 0 Å². The lowest BCUT2D eigenvalue weighted by molar-refractivity contribution is 0.0443. The number of amides is 1. The standard InChI is InChI=1S/C20H27FN4O5S/c21-17-3-5-19(6-4-17)24-8-10-25(11-9-24)31(28,29)16-18(22-20(26)27)2-1-7-23-12-14-30-15-13-23/h3-6,18,22H,7-16H2,(H,26,27). The summed E-state index contributed by atoms with van der Waals surface area (Å²) in [6.07, 6.45) is -1.32. The lowest BCUT2D eigenvalue weighted by Gasteiger charge is -2.35. The molecule has 1 amide bonds. The maximum atomic E-state index is 13.1. The molecule has 0 aromatic heterocycles. The molecule has 1 unspecified atom stereocenters. The van der Waals surface area contributed by atoms with E-state index in [1.807, 2.05) is 4.90 Å². The second-order valence-corrected chi connectivity index (χ2v) is 9.37. The lowest BCUT2D eigenvalue weighted by atomic mass is 10.2. The summed E-state index contributed by atoms with van der Waals surface area (Å²) >= 11 is 0. The van der Waals surface area contributed by atoms with Crippen molar-refractivity contribution in [2.45, 2.75) is 6.04 Å². The van der Waals surface area contributed by atoms with E-state index in [0.29, 0.717) is 32.8 Å². The van der Waals surface area contributed by atoms with Gasteiger partial charge >= 0.3 is 6.09 Å². The predicted molar refractivity (Wildman–Crippen MR) is 114 cm³/mol. The van der Waals surface area contributed by atoms with E-state index >= 15 is 0 Å². The third kappa shape index (κ3) is 7.07. The van der Waals surface area contributed by atoms with Crippen LogP contribution < -0.4 is 10.2 Å². The Kier molecular flexibility index (Phi) is 8.09. The van der Waals surface area contributed by atoms with E-state index in [1.54, 1.807) is 12.1 Å². The molecule has 0 spiro atoms. The Bertz CT molecular complexity index is 902. The number of anilines is 1. The molecule has 2 aliphatic heterocycles. The molecule has 1 aromatic rings. The van der Waals surface area contributed by atoms with E-state index in [4.69, 9.17) is 9.84 Å². The molecule has 2 aliphatic rings. The van der Waals surface area contributed by atoms with Gasteiger partial charge in [0.1, 0.15) is 11.9 Å². The summed E-state index contributed by atoms with van der Waals surface area (Å²) in [6.45, 7) is 4.60. The first-order chi connectivity index (χ1) is 14.8. The van der Waals surface area contributed by atoms with Crippen LogP contribution in [0.25, 0.3) is 0 Å². The number of ether oxygens (including phenoxy) is 1. The monoisotopic (exact) mass is 454 g/mol. The average Bonchev–Trinajstić information content (AvgIpc) is 2.74. The zero-order valence-corrected chi connectivity index (χ0v) is 18.0. The number of nitrogens with zero attached hydrogens (tertiary/aromatic N) is 3. The van der Waals surface area contributed by atoms with Crippen molar-refractivity contribution in [3.05, 3.63) is 30.1 Å². The summed E-state index contributed by atoms with van der Waals surface area (Å²) in [5.41, 5.74) is 0.831. The molecule has 11 heteroatoms. The molecule has 31 heavy (non-hydrogen) atoms. The van der Waals surface area contributed by atoms with Crippen molar-refractivity contribution in [2.24, 2.45) is 0 Å². The largest absolute Gasteiger partial charge is 0.465 e. The number of hydrogen-bond donors (Lipinski definition) is 2. The Morgan fingerprint density at radius 3 is 2.39 bits per heavy atom. The van der Waals surface area contributed by atoms with Gasteiger partial charge in [-0.3, -0.25) is 4.90 Å². The van der Waals surface area contributed by atoms with Crippen LogP contribution in [0.4, 0.5) is 14.9 Å². The molecular weight excluding hydrogens is 427 g/mol. The van der Waals surface area contributed by atoms with Crippen molar-refractivity contribution in [1.29, 1.82) is 0 Å². The smallest absolute Gasteiger partial charge is 0.405 e. The third-order valence-electron chi connectivity index (χ3n) is 5.18. The molecule has 170 valence electrons. The van der Waals surface area contributed by atoms with Gasteiger partial charge in [0.25, 0.3) is 0 Å². The van der Waals surface area contributed by atoms with Crippen LogP contribution in [0.5, 0.6) is 0 Å². The van der Waals surface area contributed by atoms with Crippen LogP contribution in [-0.4, -0.2) is 99.6 Å². The van der Waals surface area contributed by atoms with E-state index in [-0.39, 0.29) is 18.9 Å². The molecular formula is C20H27FN4O5S.